The Morgan fingerprint density at radius 2 is 1.85 bits per heavy atom. The molecule has 0 aliphatic carbocycles. The van der Waals surface area contributed by atoms with Gasteiger partial charge in [-0.05, 0) is 36.1 Å². The number of nitrogens with one attached hydrogen (secondary N) is 1. The molecule has 172 valence electrons. The van der Waals surface area contributed by atoms with Gasteiger partial charge >= 0.3 is 0 Å². The number of hydrogen-bond acceptors (Lipinski definition) is 7. The van der Waals surface area contributed by atoms with Gasteiger partial charge in [0.25, 0.3) is 0 Å². The van der Waals surface area contributed by atoms with Gasteiger partial charge in [0, 0.05) is 47.4 Å². The highest BCUT2D eigenvalue weighted by Crippen LogP contribution is 2.22. The van der Waals surface area contributed by atoms with E-state index in [4.69, 9.17) is 4.52 Å². The zero-order valence-electron chi connectivity index (χ0n) is 18.5. The van der Waals surface area contributed by atoms with E-state index in [-0.39, 0.29) is 17.7 Å². The third kappa shape index (κ3) is 4.45. The van der Waals surface area contributed by atoms with Crippen LogP contribution in [0, 0.1) is 6.92 Å². The number of fused-ring (bicyclic) bond motifs is 2. The number of pyridine rings is 1. The van der Waals surface area contributed by atoms with E-state index in [0.717, 1.165) is 11.1 Å². The summed E-state index contributed by atoms with van der Waals surface area (Å²) in [4.78, 5) is 17.9. The molecule has 5 aromatic rings. The summed E-state index contributed by atoms with van der Waals surface area (Å²) >= 11 is 0. The average Bonchev–Trinajstić information content (AvgIpc) is 3.40. The molecule has 0 atom stereocenters. The van der Waals surface area contributed by atoms with Crippen LogP contribution in [0.1, 0.15) is 17.0 Å². The van der Waals surface area contributed by atoms with Crippen LogP contribution in [-0.2, 0) is 29.4 Å². The second kappa shape index (κ2) is 8.47. The van der Waals surface area contributed by atoms with Crippen molar-refractivity contribution in [2.45, 2.75) is 19.2 Å². The lowest BCUT2D eigenvalue weighted by Crippen LogP contribution is -2.24. The molecule has 0 radical (unpaired) electrons. The molecule has 3 aromatic heterocycles. The second-order valence-electron chi connectivity index (χ2n) is 8.16. The van der Waals surface area contributed by atoms with Gasteiger partial charge in [0.15, 0.2) is 11.2 Å². The van der Waals surface area contributed by atoms with Gasteiger partial charge in [-0.1, -0.05) is 23.4 Å². The van der Waals surface area contributed by atoms with E-state index in [0.29, 0.717) is 38.7 Å². The van der Waals surface area contributed by atoms with Gasteiger partial charge in [0.05, 0.1) is 29.7 Å². The van der Waals surface area contributed by atoms with E-state index in [1.807, 2.05) is 19.3 Å². The predicted octanol–water partition coefficient (Wildman–Crippen LogP) is 3.06. The van der Waals surface area contributed by atoms with Gasteiger partial charge in [-0.2, -0.15) is 5.10 Å². The van der Waals surface area contributed by atoms with Crippen molar-refractivity contribution in [3.05, 3.63) is 88.3 Å². The van der Waals surface area contributed by atoms with Crippen LogP contribution in [0.4, 0.5) is 0 Å². The summed E-state index contributed by atoms with van der Waals surface area (Å²) in [5.74, 6) is 0.155. The standard InChI is InChI=1S/C24H21N5O4S/c1-15-7-20(33-28-15)12-27-34(31,32)14-16-3-4-17-5-6-23-22(24(30)21(17)8-16)9-18(10-25-23)19-11-26-29(2)13-19/h3-11,13,27H,12,14H2,1-2H3. The van der Waals surface area contributed by atoms with Crippen molar-refractivity contribution in [1.29, 1.82) is 0 Å². The fraction of sp³-hybridized carbons (Fsp3) is 0.167. The van der Waals surface area contributed by atoms with Crippen LogP contribution >= 0.6 is 0 Å². The average molecular weight is 476 g/mol. The number of aryl methyl sites for hydroxylation is 2. The van der Waals surface area contributed by atoms with Crippen molar-refractivity contribution in [2.24, 2.45) is 7.05 Å². The zero-order valence-corrected chi connectivity index (χ0v) is 19.3. The molecule has 0 spiro atoms. The summed E-state index contributed by atoms with van der Waals surface area (Å²) in [6, 6.07) is 12.2. The van der Waals surface area contributed by atoms with Gasteiger partial charge in [0.2, 0.25) is 10.0 Å². The largest absolute Gasteiger partial charge is 0.360 e. The number of sulfonamides is 1. The van der Waals surface area contributed by atoms with Crippen LogP contribution < -0.4 is 10.2 Å². The van der Waals surface area contributed by atoms with Crippen LogP contribution in [-0.4, -0.2) is 28.3 Å². The molecule has 0 fully saturated rings. The molecule has 0 bridgehead atoms. The number of rotatable bonds is 6. The lowest BCUT2D eigenvalue weighted by Gasteiger charge is -2.06. The molecule has 5 rings (SSSR count). The number of aromatic nitrogens is 4. The summed E-state index contributed by atoms with van der Waals surface area (Å²) in [7, 11) is -1.85. The monoisotopic (exact) mass is 475 g/mol. The maximum Gasteiger partial charge on any atom is 0.216 e. The van der Waals surface area contributed by atoms with Crippen molar-refractivity contribution in [3.63, 3.8) is 0 Å². The minimum atomic E-state index is -3.67. The minimum absolute atomic E-state index is 0.00590. The summed E-state index contributed by atoms with van der Waals surface area (Å²) in [6.45, 7) is 1.77. The van der Waals surface area contributed by atoms with Crippen molar-refractivity contribution in [1.82, 2.24) is 24.6 Å². The van der Waals surface area contributed by atoms with Crippen LogP contribution in [0.25, 0.3) is 32.8 Å². The molecule has 2 aromatic carbocycles. The van der Waals surface area contributed by atoms with Gasteiger partial charge in [-0.3, -0.25) is 14.5 Å². The molecule has 0 saturated carbocycles. The Labute approximate surface area is 195 Å². The molecule has 0 saturated heterocycles. The van der Waals surface area contributed by atoms with E-state index < -0.39 is 10.0 Å². The fourth-order valence-corrected chi connectivity index (χ4v) is 4.90. The van der Waals surface area contributed by atoms with Crippen LogP contribution in [0.2, 0.25) is 0 Å². The Hall–Kier alpha value is -3.89. The summed E-state index contributed by atoms with van der Waals surface area (Å²) in [5, 5.41) is 9.51. The summed E-state index contributed by atoms with van der Waals surface area (Å²) in [5.41, 5.74) is 3.16. The Kier molecular flexibility index (Phi) is 5.46. The Morgan fingerprint density at radius 1 is 1.03 bits per heavy atom. The second-order valence-corrected chi connectivity index (χ2v) is 9.97. The third-order valence-electron chi connectivity index (χ3n) is 5.48. The van der Waals surface area contributed by atoms with Crippen LogP contribution in [0.15, 0.2) is 70.4 Å². The summed E-state index contributed by atoms with van der Waals surface area (Å²) < 4.78 is 34.5. The summed E-state index contributed by atoms with van der Waals surface area (Å²) in [6.07, 6.45) is 5.28. The Balaban J connectivity index is 1.51. The third-order valence-corrected chi connectivity index (χ3v) is 6.78. The lowest BCUT2D eigenvalue weighted by atomic mass is 10.1. The Morgan fingerprint density at radius 3 is 2.59 bits per heavy atom. The van der Waals surface area contributed by atoms with Gasteiger partial charge in [-0.15, -0.1) is 0 Å². The molecule has 0 aliphatic heterocycles. The maximum atomic E-state index is 13.5. The number of benzene rings is 1. The molecular formula is C24H21N5O4S. The predicted molar refractivity (Wildman–Crippen MR) is 128 cm³/mol. The van der Waals surface area contributed by atoms with Gasteiger partial charge in [0.1, 0.15) is 0 Å². The fourth-order valence-electron chi connectivity index (χ4n) is 3.82. The first-order chi connectivity index (χ1) is 16.3. The first kappa shape index (κ1) is 21.9. The molecule has 3 heterocycles. The smallest absolute Gasteiger partial charge is 0.216 e. The maximum absolute atomic E-state index is 13.5. The highest BCUT2D eigenvalue weighted by molar-refractivity contribution is 7.88. The van der Waals surface area contributed by atoms with Crippen molar-refractivity contribution in [3.8, 4) is 11.1 Å². The molecule has 10 heteroatoms. The van der Waals surface area contributed by atoms with Gasteiger partial charge in [-0.25, -0.2) is 13.1 Å². The molecule has 9 nitrogen and oxygen atoms in total. The van der Waals surface area contributed by atoms with E-state index in [1.54, 1.807) is 60.4 Å². The SMILES string of the molecule is Cc1cc(CNS(=O)(=O)Cc2ccc3ccc4ncc(-c5cnn(C)c5)cc4c(=O)c3c2)on1. The molecule has 0 aliphatic rings. The lowest BCUT2D eigenvalue weighted by molar-refractivity contribution is 0.377. The number of hydrogen-bond donors (Lipinski definition) is 1. The van der Waals surface area contributed by atoms with Crippen molar-refractivity contribution >= 4 is 31.7 Å². The first-order valence-corrected chi connectivity index (χ1v) is 12.2. The molecule has 0 unspecified atom stereocenters. The van der Waals surface area contributed by atoms with Crippen LogP contribution in [0.3, 0.4) is 0 Å². The molecule has 1 N–H and O–H groups in total. The molecule has 34 heavy (non-hydrogen) atoms. The quantitative estimate of drug-likeness (QED) is 0.401. The van der Waals surface area contributed by atoms with E-state index in [2.05, 4.69) is 20.0 Å². The van der Waals surface area contributed by atoms with Crippen molar-refractivity contribution in [2.75, 3.05) is 0 Å². The zero-order chi connectivity index (χ0) is 23.9. The van der Waals surface area contributed by atoms with Crippen LogP contribution in [0.5, 0.6) is 0 Å². The highest BCUT2D eigenvalue weighted by Gasteiger charge is 2.14. The molecule has 0 amide bonds. The van der Waals surface area contributed by atoms with Gasteiger partial charge < -0.3 is 4.52 Å². The Bertz CT molecular complexity index is 1710. The first-order valence-electron chi connectivity index (χ1n) is 10.5. The van der Waals surface area contributed by atoms with E-state index in [9.17, 15) is 13.2 Å². The number of nitrogens with zero attached hydrogens (tertiary/aromatic N) is 4. The normalized spacial score (nSPS) is 11.9. The highest BCUT2D eigenvalue weighted by atomic mass is 32.2. The van der Waals surface area contributed by atoms with E-state index in [1.165, 1.54) is 0 Å². The topological polar surface area (TPSA) is 120 Å². The molecular weight excluding hydrogens is 454 g/mol. The minimum Gasteiger partial charge on any atom is -0.360 e. The van der Waals surface area contributed by atoms with E-state index >= 15 is 0 Å². The van der Waals surface area contributed by atoms with Crippen molar-refractivity contribution < 1.29 is 12.9 Å².